The Labute approximate surface area is 97.5 Å². The van der Waals surface area contributed by atoms with Crippen molar-refractivity contribution >= 4 is 5.82 Å². The van der Waals surface area contributed by atoms with Crippen molar-refractivity contribution < 1.29 is 4.74 Å². The molecule has 0 radical (unpaired) electrons. The van der Waals surface area contributed by atoms with Crippen molar-refractivity contribution in [2.75, 3.05) is 11.9 Å². The van der Waals surface area contributed by atoms with E-state index in [0.717, 1.165) is 24.5 Å². The van der Waals surface area contributed by atoms with Crippen molar-refractivity contribution in [1.29, 1.82) is 0 Å². The molecule has 1 aromatic rings. The predicted molar refractivity (Wildman–Crippen MR) is 66.0 cm³/mol. The van der Waals surface area contributed by atoms with Crippen LogP contribution in [0.25, 0.3) is 0 Å². The van der Waals surface area contributed by atoms with E-state index >= 15 is 0 Å². The predicted octanol–water partition coefficient (Wildman–Crippen LogP) is 2.65. The van der Waals surface area contributed by atoms with Gasteiger partial charge in [-0.1, -0.05) is 6.92 Å². The Kier molecular flexibility index (Phi) is 5.02. The van der Waals surface area contributed by atoms with E-state index in [1.807, 2.05) is 13.0 Å². The number of aromatic nitrogens is 2. The molecule has 0 aromatic carbocycles. The van der Waals surface area contributed by atoms with Gasteiger partial charge in [-0.2, -0.15) is 4.98 Å². The molecule has 4 heteroatoms. The molecule has 0 bridgehead atoms. The maximum absolute atomic E-state index is 5.42. The van der Waals surface area contributed by atoms with Gasteiger partial charge in [-0.15, -0.1) is 0 Å². The van der Waals surface area contributed by atoms with E-state index in [-0.39, 0.29) is 0 Å². The van der Waals surface area contributed by atoms with Gasteiger partial charge in [-0.3, -0.25) is 0 Å². The lowest BCUT2D eigenvalue weighted by atomic mass is 10.3. The topological polar surface area (TPSA) is 47.0 Å². The SMILES string of the molecule is CCCc1nc(NC(C)C)cc(OCC)n1. The lowest BCUT2D eigenvalue weighted by molar-refractivity contribution is 0.325. The molecular weight excluding hydrogens is 202 g/mol. The zero-order valence-corrected chi connectivity index (χ0v) is 10.6. The van der Waals surface area contributed by atoms with E-state index in [0.29, 0.717) is 18.5 Å². The first-order valence-corrected chi connectivity index (χ1v) is 5.93. The van der Waals surface area contributed by atoms with Crippen molar-refractivity contribution in [2.24, 2.45) is 0 Å². The highest BCUT2D eigenvalue weighted by molar-refractivity contribution is 5.39. The number of hydrogen-bond acceptors (Lipinski definition) is 4. The van der Waals surface area contributed by atoms with Crippen LogP contribution in [0.3, 0.4) is 0 Å². The minimum Gasteiger partial charge on any atom is -0.478 e. The van der Waals surface area contributed by atoms with Gasteiger partial charge < -0.3 is 10.1 Å². The molecule has 0 aliphatic heterocycles. The van der Waals surface area contributed by atoms with E-state index < -0.39 is 0 Å². The molecule has 0 saturated carbocycles. The quantitative estimate of drug-likeness (QED) is 0.805. The van der Waals surface area contributed by atoms with E-state index in [9.17, 15) is 0 Å². The summed E-state index contributed by atoms with van der Waals surface area (Å²) in [5.41, 5.74) is 0. The third kappa shape index (κ3) is 4.04. The van der Waals surface area contributed by atoms with Gasteiger partial charge in [0.1, 0.15) is 11.6 Å². The van der Waals surface area contributed by atoms with Crippen LogP contribution in [0.15, 0.2) is 6.07 Å². The average Bonchev–Trinajstić information content (AvgIpc) is 2.17. The Morgan fingerprint density at radius 2 is 2.06 bits per heavy atom. The molecule has 0 aliphatic carbocycles. The van der Waals surface area contributed by atoms with E-state index in [2.05, 4.69) is 36.1 Å². The summed E-state index contributed by atoms with van der Waals surface area (Å²) < 4.78 is 5.42. The van der Waals surface area contributed by atoms with Gasteiger partial charge in [-0.05, 0) is 27.2 Å². The molecule has 90 valence electrons. The average molecular weight is 223 g/mol. The molecule has 0 fully saturated rings. The highest BCUT2D eigenvalue weighted by Gasteiger charge is 2.05. The lowest BCUT2D eigenvalue weighted by Gasteiger charge is -2.11. The minimum absolute atomic E-state index is 0.360. The molecule has 4 nitrogen and oxygen atoms in total. The van der Waals surface area contributed by atoms with Crippen LogP contribution < -0.4 is 10.1 Å². The molecule has 0 aliphatic rings. The molecule has 16 heavy (non-hydrogen) atoms. The van der Waals surface area contributed by atoms with Crippen LogP contribution in [-0.2, 0) is 6.42 Å². The monoisotopic (exact) mass is 223 g/mol. The molecule has 0 unspecified atom stereocenters. The van der Waals surface area contributed by atoms with Gasteiger partial charge in [0.2, 0.25) is 5.88 Å². The molecule has 1 aromatic heterocycles. The summed E-state index contributed by atoms with van der Waals surface area (Å²) in [4.78, 5) is 8.79. The highest BCUT2D eigenvalue weighted by atomic mass is 16.5. The second kappa shape index (κ2) is 6.30. The third-order valence-electron chi connectivity index (χ3n) is 1.95. The van der Waals surface area contributed by atoms with Crippen LogP contribution in [-0.4, -0.2) is 22.6 Å². The van der Waals surface area contributed by atoms with Crippen LogP contribution >= 0.6 is 0 Å². The number of nitrogens with zero attached hydrogens (tertiary/aromatic N) is 2. The summed E-state index contributed by atoms with van der Waals surface area (Å²) in [7, 11) is 0. The van der Waals surface area contributed by atoms with E-state index in [1.54, 1.807) is 0 Å². The summed E-state index contributed by atoms with van der Waals surface area (Å²) in [5.74, 6) is 2.35. The van der Waals surface area contributed by atoms with Crippen molar-refractivity contribution in [3.8, 4) is 5.88 Å². The third-order valence-corrected chi connectivity index (χ3v) is 1.95. The van der Waals surface area contributed by atoms with Gasteiger partial charge in [0.05, 0.1) is 6.61 Å². The zero-order valence-electron chi connectivity index (χ0n) is 10.6. The first-order chi connectivity index (χ1) is 7.65. The standard InChI is InChI=1S/C12H21N3O/c1-5-7-10-14-11(13-9(3)4)8-12(15-10)16-6-2/h8-9H,5-7H2,1-4H3,(H,13,14,15). The zero-order chi connectivity index (χ0) is 12.0. The smallest absolute Gasteiger partial charge is 0.218 e. The fraction of sp³-hybridized carbons (Fsp3) is 0.667. The molecule has 0 atom stereocenters. The fourth-order valence-corrected chi connectivity index (χ4v) is 1.40. The maximum atomic E-state index is 5.42. The Bertz CT molecular complexity index is 302. The Balaban J connectivity index is 2.88. The Morgan fingerprint density at radius 1 is 1.31 bits per heavy atom. The van der Waals surface area contributed by atoms with Gasteiger partial charge in [0.15, 0.2) is 0 Å². The highest BCUT2D eigenvalue weighted by Crippen LogP contribution is 2.15. The van der Waals surface area contributed by atoms with Crippen molar-refractivity contribution in [2.45, 2.75) is 46.6 Å². The number of nitrogens with one attached hydrogen (secondary N) is 1. The number of aryl methyl sites for hydroxylation is 1. The van der Waals surface area contributed by atoms with Crippen molar-refractivity contribution in [1.82, 2.24) is 9.97 Å². The molecule has 0 saturated heterocycles. The summed E-state index contributed by atoms with van der Waals surface area (Å²) in [6.07, 6.45) is 1.92. The maximum Gasteiger partial charge on any atom is 0.218 e. The molecule has 1 N–H and O–H groups in total. The largest absolute Gasteiger partial charge is 0.478 e. The first-order valence-electron chi connectivity index (χ1n) is 5.93. The second-order valence-corrected chi connectivity index (χ2v) is 3.99. The number of anilines is 1. The van der Waals surface area contributed by atoms with Gasteiger partial charge in [-0.25, -0.2) is 4.98 Å². The lowest BCUT2D eigenvalue weighted by Crippen LogP contribution is -2.13. The van der Waals surface area contributed by atoms with Crippen LogP contribution in [0.4, 0.5) is 5.82 Å². The minimum atomic E-state index is 0.360. The van der Waals surface area contributed by atoms with Gasteiger partial charge in [0, 0.05) is 18.5 Å². The number of ether oxygens (including phenoxy) is 1. The normalized spacial score (nSPS) is 10.6. The molecular formula is C12H21N3O. The van der Waals surface area contributed by atoms with E-state index in [1.165, 1.54) is 0 Å². The van der Waals surface area contributed by atoms with Crippen LogP contribution in [0.2, 0.25) is 0 Å². The second-order valence-electron chi connectivity index (χ2n) is 3.99. The summed E-state index contributed by atoms with van der Waals surface area (Å²) in [5, 5.41) is 3.27. The molecule has 0 spiro atoms. The Morgan fingerprint density at radius 3 is 2.62 bits per heavy atom. The first kappa shape index (κ1) is 12.7. The van der Waals surface area contributed by atoms with Gasteiger partial charge in [0.25, 0.3) is 0 Å². The fourth-order valence-electron chi connectivity index (χ4n) is 1.40. The summed E-state index contributed by atoms with van der Waals surface area (Å²) in [6, 6.07) is 2.21. The van der Waals surface area contributed by atoms with Crippen molar-refractivity contribution in [3.05, 3.63) is 11.9 Å². The molecule has 1 rings (SSSR count). The molecule has 0 amide bonds. The van der Waals surface area contributed by atoms with Crippen LogP contribution in [0.5, 0.6) is 5.88 Å². The number of hydrogen-bond donors (Lipinski definition) is 1. The van der Waals surface area contributed by atoms with Crippen LogP contribution in [0.1, 0.15) is 39.9 Å². The molecule has 1 heterocycles. The number of rotatable bonds is 6. The van der Waals surface area contributed by atoms with E-state index in [4.69, 9.17) is 4.74 Å². The summed E-state index contributed by atoms with van der Waals surface area (Å²) >= 11 is 0. The van der Waals surface area contributed by atoms with Crippen LogP contribution in [0, 0.1) is 0 Å². The summed E-state index contributed by atoms with van der Waals surface area (Å²) in [6.45, 7) is 8.87. The van der Waals surface area contributed by atoms with Gasteiger partial charge >= 0.3 is 0 Å². The Hall–Kier alpha value is -1.32. The van der Waals surface area contributed by atoms with Crippen molar-refractivity contribution in [3.63, 3.8) is 0 Å².